The average Bonchev–Trinajstić information content (AvgIpc) is 2.46. The molecule has 0 aliphatic rings. The molecule has 2 aromatic rings. The Balaban J connectivity index is 2.20. The lowest BCUT2D eigenvalue weighted by molar-refractivity contribution is -0.138. The monoisotopic (exact) mass is 270 g/mol. The number of benzene rings is 2. The molecule has 2 aromatic carbocycles. The number of carbonyl (C=O) groups is 1. The van der Waals surface area contributed by atoms with Crippen LogP contribution in [0.15, 0.2) is 48.5 Å². The molecule has 0 radical (unpaired) electrons. The molecule has 0 fully saturated rings. The summed E-state index contributed by atoms with van der Waals surface area (Å²) < 4.78 is 0. The first-order valence-corrected chi connectivity index (χ1v) is 6.58. The summed E-state index contributed by atoms with van der Waals surface area (Å²) in [7, 11) is 0. The van der Waals surface area contributed by atoms with Crippen LogP contribution in [0.4, 0.5) is 0 Å². The second-order valence-electron chi connectivity index (χ2n) is 4.98. The van der Waals surface area contributed by atoms with E-state index in [2.05, 4.69) is 0 Å². The van der Waals surface area contributed by atoms with Crippen molar-refractivity contribution in [3.05, 3.63) is 70.8 Å². The van der Waals surface area contributed by atoms with Gasteiger partial charge in [-0.3, -0.25) is 4.79 Å². The number of hydrogen-bond donors (Lipinski definition) is 2. The van der Waals surface area contributed by atoms with Crippen molar-refractivity contribution >= 4 is 5.97 Å². The lowest BCUT2D eigenvalue weighted by Crippen LogP contribution is -2.14. The van der Waals surface area contributed by atoms with Gasteiger partial charge >= 0.3 is 5.97 Å². The second-order valence-corrected chi connectivity index (χ2v) is 4.98. The van der Waals surface area contributed by atoms with Crippen molar-refractivity contribution < 1.29 is 15.0 Å². The number of hydrogen-bond acceptors (Lipinski definition) is 2. The third-order valence-electron chi connectivity index (χ3n) is 3.42. The van der Waals surface area contributed by atoms with Crippen LogP contribution in [0, 0.1) is 6.92 Å². The summed E-state index contributed by atoms with van der Waals surface area (Å²) in [6.45, 7) is 1.98. The molecule has 3 heteroatoms. The van der Waals surface area contributed by atoms with E-state index in [1.807, 2.05) is 55.5 Å². The van der Waals surface area contributed by atoms with Crippen molar-refractivity contribution in [1.82, 2.24) is 0 Å². The SMILES string of the molecule is Cc1ccc(C(Cc2ccc(CO)cc2)C(=O)O)cc1. The quantitative estimate of drug-likeness (QED) is 0.878. The maximum Gasteiger partial charge on any atom is 0.311 e. The summed E-state index contributed by atoms with van der Waals surface area (Å²) in [4.78, 5) is 11.5. The molecule has 3 nitrogen and oxygen atoms in total. The molecule has 0 aromatic heterocycles. The van der Waals surface area contributed by atoms with Crippen LogP contribution < -0.4 is 0 Å². The van der Waals surface area contributed by atoms with Crippen molar-refractivity contribution in [3.63, 3.8) is 0 Å². The van der Waals surface area contributed by atoms with E-state index in [1.54, 1.807) is 0 Å². The van der Waals surface area contributed by atoms with Crippen molar-refractivity contribution in [2.75, 3.05) is 0 Å². The van der Waals surface area contributed by atoms with Crippen molar-refractivity contribution in [2.24, 2.45) is 0 Å². The average molecular weight is 270 g/mol. The molecule has 0 amide bonds. The van der Waals surface area contributed by atoms with Gasteiger partial charge in [0.05, 0.1) is 12.5 Å². The zero-order valence-corrected chi connectivity index (χ0v) is 11.4. The number of carboxylic acid groups (broad SMARTS) is 1. The van der Waals surface area contributed by atoms with E-state index in [9.17, 15) is 9.90 Å². The molecule has 0 aliphatic carbocycles. The highest BCUT2D eigenvalue weighted by molar-refractivity contribution is 5.76. The van der Waals surface area contributed by atoms with Crippen molar-refractivity contribution in [3.8, 4) is 0 Å². The van der Waals surface area contributed by atoms with Crippen LogP contribution in [0.3, 0.4) is 0 Å². The zero-order chi connectivity index (χ0) is 14.5. The van der Waals surface area contributed by atoms with Crippen LogP contribution in [-0.2, 0) is 17.8 Å². The lowest BCUT2D eigenvalue weighted by Gasteiger charge is -2.13. The van der Waals surface area contributed by atoms with Gasteiger partial charge in [0, 0.05) is 0 Å². The lowest BCUT2D eigenvalue weighted by atomic mass is 9.91. The van der Waals surface area contributed by atoms with Gasteiger partial charge in [-0.25, -0.2) is 0 Å². The fourth-order valence-corrected chi connectivity index (χ4v) is 2.16. The standard InChI is InChI=1S/C17H18O3/c1-12-2-8-15(9-3-12)16(17(19)20)10-13-4-6-14(11-18)7-5-13/h2-9,16,18H,10-11H2,1H3,(H,19,20). The predicted molar refractivity (Wildman–Crippen MR) is 77.6 cm³/mol. The summed E-state index contributed by atoms with van der Waals surface area (Å²) in [5.74, 6) is -1.37. The molecule has 1 atom stereocenters. The number of aliphatic hydroxyl groups is 1. The third-order valence-corrected chi connectivity index (χ3v) is 3.42. The summed E-state index contributed by atoms with van der Waals surface area (Å²) in [6.07, 6.45) is 0.449. The predicted octanol–water partition coefficient (Wildman–Crippen LogP) is 2.90. The fraction of sp³-hybridized carbons (Fsp3) is 0.235. The van der Waals surface area contributed by atoms with Crippen LogP contribution in [0.1, 0.15) is 28.2 Å². The van der Waals surface area contributed by atoms with Crippen molar-refractivity contribution in [1.29, 1.82) is 0 Å². The van der Waals surface area contributed by atoms with Gasteiger partial charge in [0.1, 0.15) is 0 Å². The van der Waals surface area contributed by atoms with Gasteiger partial charge in [0.2, 0.25) is 0 Å². The summed E-state index contributed by atoms with van der Waals surface area (Å²) in [6, 6.07) is 15.0. The minimum atomic E-state index is -0.819. The maximum absolute atomic E-state index is 11.5. The molecule has 0 saturated heterocycles. The Morgan fingerprint density at radius 3 is 2.05 bits per heavy atom. The van der Waals surface area contributed by atoms with Gasteiger partial charge < -0.3 is 10.2 Å². The van der Waals surface area contributed by atoms with Crippen LogP contribution in [0.25, 0.3) is 0 Å². The van der Waals surface area contributed by atoms with Gasteiger partial charge in [-0.2, -0.15) is 0 Å². The highest BCUT2D eigenvalue weighted by Crippen LogP contribution is 2.22. The second kappa shape index (κ2) is 6.35. The van der Waals surface area contributed by atoms with Gasteiger partial charge in [0.25, 0.3) is 0 Å². The van der Waals surface area contributed by atoms with Crippen LogP contribution in [0.2, 0.25) is 0 Å². The molecule has 2 N–H and O–H groups in total. The Labute approximate surface area is 118 Å². The summed E-state index contributed by atoms with van der Waals surface area (Å²) in [5, 5.41) is 18.4. The molecule has 20 heavy (non-hydrogen) atoms. The van der Waals surface area contributed by atoms with Crippen LogP contribution in [0.5, 0.6) is 0 Å². The van der Waals surface area contributed by atoms with E-state index in [1.165, 1.54) is 0 Å². The fourth-order valence-electron chi connectivity index (χ4n) is 2.16. The topological polar surface area (TPSA) is 57.5 Å². The van der Waals surface area contributed by atoms with Gasteiger partial charge in [-0.1, -0.05) is 54.1 Å². The number of rotatable bonds is 5. The molecular formula is C17H18O3. The largest absolute Gasteiger partial charge is 0.481 e. The van der Waals surface area contributed by atoms with E-state index < -0.39 is 11.9 Å². The molecule has 0 bridgehead atoms. The summed E-state index contributed by atoms with van der Waals surface area (Å²) >= 11 is 0. The van der Waals surface area contributed by atoms with E-state index in [4.69, 9.17) is 5.11 Å². The van der Waals surface area contributed by atoms with E-state index >= 15 is 0 Å². The number of aryl methyl sites for hydroxylation is 1. The highest BCUT2D eigenvalue weighted by atomic mass is 16.4. The van der Waals surface area contributed by atoms with E-state index in [0.29, 0.717) is 6.42 Å². The van der Waals surface area contributed by atoms with Crippen LogP contribution in [-0.4, -0.2) is 16.2 Å². The number of aliphatic carboxylic acids is 1. The Kier molecular flexibility index (Phi) is 4.53. The molecule has 0 saturated carbocycles. The molecular weight excluding hydrogens is 252 g/mol. The molecule has 0 aliphatic heterocycles. The first-order chi connectivity index (χ1) is 9.60. The van der Waals surface area contributed by atoms with Crippen molar-refractivity contribution in [2.45, 2.75) is 25.9 Å². The smallest absolute Gasteiger partial charge is 0.311 e. The minimum absolute atomic E-state index is 0.000596. The van der Waals surface area contributed by atoms with E-state index in [-0.39, 0.29) is 6.61 Å². The van der Waals surface area contributed by atoms with E-state index in [0.717, 1.165) is 22.3 Å². The molecule has 1 unspecified atom stereocenters. The minimum Gasteiger partial charge on any atom is -0.481 e. The Morgan fingerprint density at radius 1 is 1.00 bits per heavy atom. The summed E-state index contributed by atoms with van der Waals surface area (Å²) in [5.41, 5.74) is 3.71. The number of carboxylic acids is 1. The van der Waals surface area contributed by atoms with Gasteiger partial charge in [0.15, 0.2) is 0 Å². The van der Waals surface area contributed by atoms with Crippen LogP contribution >= 0.6 is 0 Å². The highest BCUT2D eigenvalue weighted by Gasteiger charge is 2.20. The normalized spacial score (nSPS) is 12.1. The Morgan fingerprint density at radius 2 is 1.55 bits per heavy atom. The first kappa shape index (κ1) is 14.3. The Hall–Kier alpha value is -2.13. The maximum atomic E-state index is 11.5. The molecule has 104 valence electrons. The molecule has 0 heterocycles. The Bertz CT molecular complexity index is 570. The molecule has 0 spiro atoms. The van der Waals surface area contributed by atoms with Gasteiger partial charge in [-0.15, -0.1) is 0 Å². The van der Waals surface area contributed by atoms with Gasteiger partial charge in [-0.05, 0) is 30.0 Å². The first-order valence-electron chi connectivity index (χ1n) is 6.58. The number of aliphatic hydroxyl groups excluding tert-OH is 1. The zero-order valence-electron chi connectivity index (χ0n) is 11.4. The molecule has 2 rings (SSSR count). The third kappa shape index (κ3) is 3.45.